The topological polar surface area (TPSA) is 29.5 Å². The van der Waals surface area contributed by atoms with E-state index in [-0.39, 0.29) is 18.3 Å². The molecule has 0 fully saturated rings. The highest BCUT2D eigenvalue weighted by Crippen LogP contribution is 2.30. The lowest BCUT2D eigenvalue weighted by Gasteiger charge is -2.17. The molecule has 0 spiro atoms. The van der Waals surface area contributed by atoms with Crippen LogP contribution in [0.15, 0.2) is 42.5 Å². The molecular formula is C16H13ClFNO2. The number of ether oxygens (including phenoxy) is 1. The zero-order valence-electron chi connectivity index (χ0n) is 11.2. The van der Waals surface area contributed by atoms with Crippen LogP contribution in [0.25, 0.3) is 0 Å². The minimum absolute atomic E-state index is 0.0846. The van der Waals surface area contributed by atoms with E-state index in [1.54, 1.807) is 23.1 Å². The fourth-order valence-electron chi connectivity index (χ4n) is 2.41. The summed E-state index contributed by atoms with van der Waals surface area (Å²) < 4.78 is 18.7. The third kappa shape index (κ3) is 2.85. The second-order valence-electron chi connectivity index (χ2n) is 4.79. The van der Waals surface area contributed by atoms with Crippen molar-refractivity contribution in [3.8, 4) is 5.75 Å². The maximum absolute atomic E-state index is 13.4. The van der Waals surface area contributed by atoms with Crippen LogP contribution in [0.1, 0.15) is 5.56 Å². The molecule has 2 aromatic rings. The van der Waals surface area contributed by atoms with Gasteiger partial charge in [-0.2, -0.15) is 0 Å². The molecule has 0 aromatic heterocycles. The van der Waals surface area contributed by atoms with Crippen LogP contribution < -0.4 is 9.64 Å². The van der Waals surface area contributed by atoms with Gasteiger partial charge in [0.05, 0.1) is 0 Å². The number of rotatable bonds is 3. The van der Waals surface area contributed by atoms with E-state index in [4.69, 9.17) is 16.3 Å². The Hall–Kier alpha value is -2.07. The Morgan fingerprint density at radius 3 is 2.90 bits per heavy atom. The number of para-hydroxylation sites is 1. The lowest BCUT2D eigenvalue weighted by atomic mass is 10.2. The summed E-state index contributed by atoms with van der Waals surface area (Å²) in [6.07, 6.45) is 0.765. The Balaban J connectivity index is 1.69. The van der Waals surface area contributed by atoms with E-state index in [0.29, 0.717) is 11.6 Å². The van der Waals surface area contributed by atoms with Crippen molar-refractivity contribution in [2.24, 2.45) is 0 Å². The van der Waals surface area contributed by atoms with Gasteiger partial charge in [-0.25, -0.2) is 4.39 Å². The Bertz CT molecular complexity index is 690. The maximum Gasteiger partial charge on any atom is 0.264 e. The van der Waals surface area contributed by atoms with Crippen molar-refractivity contribution in [3.63, 3.8) is 0 Å². The van der Waals surface area contributed by atoms with Crippen molar-refractivity contribution in [2.45, 2.75) is 6.42 Å². The number of hydrogen-bond acceptors (Lipinski definition) is 2. The fourth-order valence-corrected chi connectivity index (χ4v) is 2.60. The summed E-state index contributed by atoms with van der Waals surface area (Å²) in [5.41, 5.74) is 1.89. The van der Waals surface area contributed by atoms with Crippen molar-refractivity contribution in [1.82, 2.24) is 0 Å². The van der Waals surface area contributed by atoms with Crippen molar-refractivity contribution < 1.29 is 13.9 Å². The van der Waals surface area contributed by atoms with Crippen LogP contribution in [0.4, 0.5) is 10.1 Å². The van der Waals surface area contributed by atoms with Crippen LogP contribution in [0.3, 0.4) is 0 Å². The average molecular weight is 306 g/mol. The van der Waals surface area contributed by atoms with Crippen molar-refractivity contribution in [3.05, 3.63) is 58.9 Å². The van der Waals surface area contributed by atoms with E-state index in [1.165, 1.54) is 12.1 Å². The van der Waals surface area contributed by atoms with Gasteiger partial charge in [-0.3, -0.25) is 4.79 Å². The molecule has 3 rings (SSSR count). The van der Waals surface area contributed by atoms with Crippen molar-refractivity contribution in [2.75, 3.05) is 18.1 Å². The number of amides is 1. The second-order valence-corrected chi connectivity index (χ2v) is 5.22. The van der Waals surface area contributed by atoms with Gasteiger partial charge in [-0.15, -0.1) is 0 Å². The standard InChI is InChI=1S/C16H13ClFNO2/c17-12-5-6-14-11(9-12)7-8-19(14)16(20)10-21-15-4-2-1-3-13(15)18/h1-6,9H,7-8,10H2. The van der Waals surface area contributed by atoms with Gasteiger partial charge in [0.1, 0.15) is 0 Å². The number of benzene rings is 2. The molecule has 0 radical (unpaired) electrons. The number of fused-ring (bicyclic) bond motifs is 1. The van der Waals surface area contributed by atoms with Crippen molar-refractivity contribution >= 4 is 23.2 Å². The number of nitrogens with zero attached hydrogens (tertiary/aromatic N) is 1. The van der Waals surface area contributed by atoms with Crippen LogP contribution >= 0.6 is 11.6 Å². The molecule has 0 atom stereocenters. The normalized spacial score (nSPS) is 13.1. The highest BCUT2D eigenvalue weighted by atomic mass is 35.5. The monoisotopic (exact) mass is 305 g/mol. The minimum Gasteiger partial charge on any atom is -0.481 e. The van der Waals surface area contributed by atoms with E-state index in [0.717, 1.165) is 17.7 Å². The van der Waals surface area contributed by atoms with E-state index in [2.05, 4.69) is 0 Å². The lowest BCUT2D eigenvalue weighted by molar-refractivity contribution is -0.120. The summed E-state index contributed by atoms with van der Waals surface area (Å²) >= 11 is 5.94. The largest absolute Gasteiger partial charge is 0.481 e. The summed E-state index contributed by atoms with van der Waals surface area (Å²) in [7, 11) is 0. The molecule has 1 aliphatic heterocycles. The molecular weight excluding hydrogens is 293 g/mol. The fraction of sp³-hybridized carbons (Fsp3) is 0.188. The molecule has 0 saturated heterocycles. The summed E-state index contributed by atoms with van der Waals surface area (Å²) in [6, 6.07) is 11.5. The van der Waals surface area contributed by atoms with Crippen LogP contribution in [-0.2, 0) is 11.2 Å². The molecule has 0 aliphatic carbocycles. The Morgan fingerprint density at radius 2 is 2.10 bits per heavy atom. The first-order valence-corrected chi connectivity index (χ1v) is 6.99. The second kappa shape index (κ2) is 5.74. The molecule has 2 aromatic carbocycles. The molecule has 0 saturated carbocycles. The van der Waals surface area contributed by atoms with E-state index < -0.39 is 5.82 Å². The minimum atomic E-state index is -0.473. The lowest BCUT2D eigenvalue weighted by Crippen LogP contribution is -2.33. The third-order valence-electron chi connectivity index (χ3n) is 3.43. The molecule has 1 aliphatic rings. The summed E-state index contributed by atoms with van der Waals surface area (Å²) in [4.78, 5) is 13.9. The van der Waals surface area contributed by atoms with E-state index in [1.807, 2.05) is 12.1 Å². The van der Waals surface area contributed by atoms with Gasteiger partial charge in [-0.05, 0) is 42.3 Å². The maximum atomic E-state index is 13.4. The first kappa shape index (κ1) is 13.9. The molecule has 0 bridgehead atoms. The van der Waals surface area contributed by atoms with Crippen LogP contribution in [0, 0.1) is 5.82 Å². The number of hydrogen-bond donors (Lipinski definition) is 0. The zero-order valence-corrected chi connectivity index (χ0v) is 11.9. The number of halogens is 2. The van der Waals surface area contributed by atoms with Gasteiger partial charge < -0.3 is 9.64 Å². The van der Waals surface area contributed by atoms with Crippen molar-refractivity contribution in [1.29, 1.82) is 0 Å². The SMILES string of the molecule is O=C(COc1ccccc1F)N1CCc2cc(Cl)ccc21. The molecule has 5 heteroatoms. The van der Waals surface area contributed by atoms with Crippen LogP contribution in [0.2, 0.25) is 5.02 Å². The highest BCUT2D eigenvalue weighted by molar-refractivity contribution is 6.30. The molecule has 21 heavy (non-hydrogen) atoms. The van der Waals surface area contributed by atoms with E-state index in [9.17, 15) is 9.18 Å². The third-order valence-corrected chi connectivity index (χ3v) is 3.66. The van der Waals surface area contributed by atoms with Gasteiger partial charge in [0.2, 0.25) is 0 Å². The van der Waals surface area contributed by atoms with Gasteiger partial charge in [0, 0.05) is 17.3 Å². The van der Waals surface area contributed by atoms with Gasteiger partial charge >= 0.3 is 0 Å². The first-order valence-electron chi connectivity index (χ1n) is 6.61. The van der Waals surface area contributed by atoms with E-state index >= 15 is 0 Å². The predicted molar refractivity (Wildman–Crippen MR) is 79.4 cm³/mol. The summed E-state index contributed by atoms with van der Waals surface area (Å²) in [5, 5.41) is 0.658. The molecule has 1 amide bonds. The Kier molecular flexibility index (Phi) is 3.80. The Labute approximate surface area is 126 Å². The summed E-state index contributed by atoms with van der Waals surface area (Å²) in [5.74, 6) is -0.584. The predicted octanol–water partition coefficient (Wildman–Crippen LogP) is 3.45. The number of anilines is 1. The molecule has 108 valence electrons. The number of carbonyl (C=O) groups is 1. The highest BCUT2D eigenvalue weighted by Gasteiger charge is 2.25. The van der Waals surface area contributed by atoms with Gasteiger partial charge in [0.25, 0.3) is 5.91 Å². The first-order chi connectivity index (χ1) is 10.1. The number of carbonyl (C=O) groups excluding carboxylic acids is 1. The molecule has 0 N–H and O–H groups in total. The quantitative estimate of drug-likeness (QED) is 0.869. The Morgan fingerprint density at radius 1 is 1.29 bits per heavy atom. The van der Waals surface area contributed by atoms with Crippen LogP contribution in [-0.4, -0.2) is 19.1 Å². The smallest absolute Gasteiger partial charge is 0.264 e. The van der Waals surface area contributed by atoms with Crippen LogP contribution in [0.5, 0.6) is 5.75 Å². The summed E-state index contributed by atoms with van der Waals surface area (Å²) in [6.45, 7) is 0.401. The average Bonchev–Trinajstić information content (AvgIpc) is 2.89. The molecule has 3 nitrogen and oxygen atoms in total. The van der Waals surface area contributed by atoms with Gasteiger partial charge in [0.15, 0.2) is 18.2 Å². The zero-order chi connectivity index (χ0) is 14.8. The molecule has 1 heterocycles. The molecule has 0 unspecified atom stereocenters. The van der Waals surface area contributed by atoms with Gasteiger partial charge in [-0.1, -0.05) is 23.7 Å².